The van der Waals surface area contributed by atoms with Crippen LogP contribution in [0.1, 0.15) is 31.8 Å². The lowest BCUT2D eigenvalue weighted by Crippen LogP contribution is -2.14. The number of esters is 1. The Morgan fingerprint density at radius 3 is 2.56 bits per heavy atom. The maximum absolute atomic E-state index is 12.6. The number of carbonyl (C=O) groups excluding carboxylic acids is 2. The molecule has 0 unspecified atom stereocenters. The van der Waals surface area contributed by atoms with Crippen LogP contribution in [0.15, 0.2) is 52.3 Å². The summed E-state index contributed by atoms with van der Waals surface area (Å²) in [4.78, 5) is 25.1. The number of aryl methyl sites for hydroxylation is 2. The van der Waals surface area contributed by atoms with Gasteiger partial charge in [0.2, 0.25) is 0 Å². The number of benzene rings is 2. The molecule has 2 aromatic carbocycles. The van der Waals surface area contributed by atoms with E-state index in [-0.39, 0.29) is 5.91 Å². The van der Waals surface area contributed by atoms with Crippen molar-refractivity contribution in [1.82, 2.24) is 0 Å². The molecule has 3 aromatic rings. The molecule has 27 heavy (non-hydrogen) atoms. The van der Waals surface area contributed by atoms with Gasteiger partial charge in [-0.05, 0) is 43.2 Å². The minimum Gasteiger partial charge on any atom is -0.465 e. The van der Waals surface area contributed by atoms with Gasteiger partial charge < -0.3 is 10.1 Å². The molecule has 0 radical (unpaired) electrons. The monoisotopic (exact) mass is 443 g/mol. The van der Waals surface area contributed by atoms with Crippen molar-refractivity contribution in [2.24, 2.45) is 0 Å². The van der Waals surface area contributed by atoms with E-state index in [9.17, 15) is 9.59 Å². The summed E-state index contributed by atoms with van der Waals surface area (Å²) in [6.07, 6.45) is 0. The van der Waals surface area contributed by atoms with Crippen molar-refractivity contribution < 1.29 is 14.3 Å². The Morgan fingerprint density at radius 2 is 1.85 bits per heavy atom. The highest BCUT2D eigenvalue weighted by molar-refractivity contribution is 9.10. The highest BCUT2D eigenvalue weighted by Gasteiger charge is 2.23. The summed E-state index contributed by atoms with van der Waals surface area (Å²) < 4.78 is 5.79. The number of hydrogen-bond acceptors (Lipinski definition) is 4. The zero-order chi connectivity index (χ0) is 19.6. The molecule has 0 spiro atoms. The lowest BCUT2D eigenvalue weighted by atomic mass is 9.97. The van der Waals surface area contributed by atoms with E-state index in [0.29, 0.717) is 16.1 Å². The minimum absolute atomic E-state index is 0.282. The van der Waals surface area contributed by atoms with Crippen LogP contribution in [0.5, 0.6) is 0 Å². The molecule has 1 N–H and O–H groups in total. The summed E-state index contributed by atoms with van der Waals surface area (Å²) in [7, 11) is 1.34. The molecule has 0 aliphatic carbocycles. The minimum atomic E-state index is -0.475. The number of nitrogens with one attached hydrogen (secondary N) is 1. The van der Waals surface area contributed by atoms with Crippen LogP contribution in [0.4, 0.5) is 5.00 Å². The molecule has 0 atom stereocenters. The van der Waals surface area contributed by atoms with Gasteiger partial charge in [-0.25, -0.2) is 4.79 Å². The summed E-state index contributed by atoms with van der Waals surface area (Å²) in [5, 5.41) is 5.21. The summed E-state index contributed by atoms with van der Waals surface area (Å²) >= 11 is 4.67. The van der Waals surface area contributed by atoms with Crippen LogP contribution in [0, 0.1) is 13.8 Å². The van der Waals surface area contributed by atoms with Gasteiger partial charge in [-0.2, -0.15) is 0 Å². The number of ether oxygens (including phenoxy) is 1. The maximum atomic E-state index is 12.6. The van der Waals surface area contributed by atoms with Crippen LogP contribution in [-0.4, -0.2) is 19.0 Å². The van der Waals surface area contributed by atoms with Crippen molar-refractivity contribution in [2.75, 3.05) is 12.4 Å². The van der Waals surface area contributed by atoms with Gasteiger partial charge in [0.1, 0.15) is 10.6 Å². The number of halogens is 1. The normalized spacial score (nSPS) is 10.5. The van der Waals surface area contributed by atoms with E-state index >= 15 is 0 Å². The summed E-state index contributed by atoms with van der Waals surface area (Å²) in [6, 6.07) is 13.2. The first-order chi connectivity index (χ1) is 12.9. The highest BCUT2D eigenvalue weighted by atomic mass is 79.9. The number of rotatable bonds is 4. The Labute approximate surface area is 170 Å². The van der Waals surface area contributed by atoms with Gasteiger partial charge in [0.05, 0.1) is 7.11 Å². The largest absolute Gasteiger partial charge is 0.465 e. The molecule has 0 saturated carbocycles. The molecule has 1 aromatic heterocycles. The zero-order valence-corrected chi connectivity index (χ0v) is 17.5. The molecule has 1 heterocycles. The molecule has 0 aliphatic heterocycles. The first kappa shape index (κ1) is 19.3. The third-order valence-electron chi connectivity index (χ3n) is 4.18. The Bertz CT molecular complexity index is 1030. The second-order valence-electron chi connectivity index (χ2n) is 6.13. The molecule has 138 valence electrons. The van der Waals surface area contributed by atoms with Crippen molar-refractivity contribution in [3.05, 3.63) is 74.6 Å². The van der Waals surface area contributed by atoms with Gasteiger partial charge in [0, 0.05) is 21.0 Å². The number of carbonyl (C=O) groups is 2. The summed E-state index contributed by atoms with van der Waals surface area (Å²) in [5.41, 5.74) is 4.74. The number of methoxy groups -OCH3 is 1. The molecule has 1 amide bonds. The standard InChI is InChI=1S/C21H18BrNO3S/c1-12-7-8-13(2)16(9-12)17-11-27-20(18(17)21(25)26-3)23-19(24)14-5-4-6-15(22)10-14/h4-11H,1-3H3,(H,23,24). The van der Waals surface area contributed by atoms with Crippen molar-refractivity contribution in [3.8, 4) is 11.1 Å². The summed E-state index contributed by atoms with van der Waals surface area (Å²) in [5.74, 6) is -0.757. The van der Waals surface area contributed by atoms with Gasteiger partial charge in [0.25, 0.3) is 5.91 Å². The van der Waals surface area contributed by atoms with E-state index in [1.807, 2.05) is 43.5 Å². The Hall–Kier alpha value is -2.44. The van der Waals surface area contributed by atoms with Gasteiger partial charge >= 0.3 is 5.97 Å². The van der Waals surface area contributed by atoms with Crippen LogP contribution in [0.25, 0.3) is 11.1 Å². The van der Waals surface area contributed by atoms with Crippen LogP contribution in [-0.2, 0) is 4.74 Å². The third kappa shape index (κ3) is 4.12. The van der Waals surface area contributed by atoms with E-state index in [0.717, 1.165) is 26.7 Å². The van der Waals surface area contributed by atoms with Crippen LogP contribution in [0.3, 0.4) is 0 Å². The van der Waals surface area contributed by atoms with Gasteiger partial charge in [-0.3, -0.25) is 4.79 Å². The second-order valence-corrected chi connectivity index (χ2v) is 7.92. The maximum Gasteiger partial charge on any atom is 0.341 e. The number of thiophene rings is 1. The lowest BCUT2D eigenvalue weighted by molar-refractivity contribution is 0.0603. The average molecular weight is 444 g/mol. The molecule has 0 bridgehead atoms. The third-order valence-corrected chi connectivity index (χ3v) is 5.57. The van der Waals surface area contributed by atoms with Crippen LogP contribution >= 0.6 is 27.3 Å². The lowest BCUT2D eigenvalue weighted by Gasteiger charge is -2.10. The number of hydrogen-bond donors (Lipinski definition) is 1. The Balaban J connectivity index is 2.04. The Kier molecular flexibility index (Phi) is 5.77. The van der Waals surface area contributed by atoms with E-state index in [1.165, 1.54) is 18.4 Å². The van der Waals surface area contributed by atoms with E-state index in [1.54, 1.807) is 18.2 Å². The zero-order valence-electron chi connectivity index (χ0n) is 15.1. The van der Waals surface area contributed by atoms with Crippen LogP contribution in [0.2, 0.25) is 0 Å². The topological polar surface area (TPSA) is 55.4 Å². The predicted octanol–water partition coefficient (Wildman–Crippen LogP) is 5.83. The first-order valence-corrected chi connectivity index (χ1v) is 9.92. The smallest absolute Gasteiger partial charge is 0.341 e. The fourth-order valence-electron chi connectivity index (χ4n) is 2.78. The van der Waals surface area contributed by atoms with E-state index < -0.39 is 5.97 Å². The number of amides is 1. The molecular weight excluding hydrogens is 426 g/mol. The van der Waals surface area contributed by atoms with Crippen molar-refractivity contribution in [2.45, 2.75) is 13.8 Å². The SMILES string of the molecule is COC(=O)c1c(-c2cc(C)ccc2C)csc1NC(=O)c1cccc(Br)c1. The van der Waals surface area contributed by atoms with Crippen LogP contribution < -0.4 is 5.32 Å². The first-order valence-electron chi connectivity index (χ1n) is 8.25. The highest BCUT2D eigenvalue weighted by Crippen LogP contribution is 2.38. The molecule has 0 saturated heterocycles. The molecule has 0 fully saturated rings. The average Bonchev–Trinajstić information content (AvgIpc) is 3.06. The van der Waals surface area contributed by atoms with Gasteiger partial charge in [0.15, 0.2) is 0 Å². The van der Waals surface area contributed by atoms with Gasteiger partial charge in [-0.1, -0.05) is 45.8 Å². The van der Waals surface area contributed by atoms with Crippen molar-refractivity contribution in [3.63, 3.8) is 0 Å². The summed E-state index contributed by atoms with van der Waals surface area (Å²) in [6.45, 7) is 4.00. The molecular formula is C21H18BrNO3S. The number of anilines is 1. The molecule has 4 nitrogen and oxygen atoms in total. The van der Waals surface area contributed by atoms with Crippen molar-refractivity contribution >= 4 is 44.1 Å². The molecule has 0 aliphatic rings. The van der Waals surface area contributed by atoms with Gasteiger partial charge in [-0.15, -0.1) is 11.3 Å². The van der Waals surface area contributed by atoms with E-state index in [2.05, 4.69) is 21.2 Å². The Morgan fingerprint density at radius 1 is 1.07 bits per heavy atom. The fraction of sp³-hybridized carbons (Fsp3) is 0.143. The van der Waals surface area contributed by atoms with Crippen molar-refractivity contribution in [1.29, 1.82) is 0 Å². The predicted molar refractivity (Wildman–Crippen MR) is 113 cm³/mol. The fourth-order valence-corrected chi connectivity index (χ4v) is 4.13. The molecule has 6 heteroatoms. The quantitative estimate of drug-likeness (QED) is 0.515. The molecule has 3 rings (SSSR count). The van der Waals surface area contributed by atoms with E-state index in [4.69, 9.17) is 4.74 Å². The second kappa shape index (κ2) is 8.06.